The lowest BCUT2D eigenvalue weighted by Crippen LogP contribution is -2.40. The highest BCUT2D eigenvalue weighted by atomic mass is 32.2. The van der Waals surface area contributed by atoms with Crippen LogP contribution in [0.1, 0.15) is 22.3 Å². The average molecular weight is 382 g/mol. The number of amides is 1. The number of hydrogen-bond donors (Lipinski definition) is 1. The summed E-state index contributed by atoms with van der Waals surface area (Å²) in [7, 11) is -3.61. The first-order chi connectivity index (χ1) is 12.0. The number of anilines is 1. The van der Waals surface area contributed by atoms with Gasteiger partial charge in [-0.1, -0.05) is 17.5 Å². The number of rotatable bonds is 5. The first-order valence-electron chi connectivity index (χ1n) is 7.83. The first-order valence-corrected chi connectivity index (χ1v) is 10.0. The second-order valence-electron chi connectivity index (χ2n) is 5.40. The smallest absolute Gasteiger partial charge is 0.269 e. The van der Waals surface area contributed by atoms with Crippen LogP contribution in [0.2, 0.25) is 0 Å². The lowest BCUT2D eigenvalue weighted by atomic mass is 10.2. The number of aromatic nitrogens is 2. The maximum absolute atomic E-state index is 12.7. The Bertz CT molecular complexity index is 860. The highest BCUT2D eigenvalue weighted by Crippen LogP contribution is 2.22. The largest absolute Gasteiger partial charge is 0.379 e. The topological polar surface area (TPSA) is 101 Å². The van der Waals surface area contributed by atoms with Crippen LogP contribution >= 0.6 is 11.5 Å². The van der Waals surface area contributed by atoms with Crippen molar-refractivity contribution in [3.8, 4) is 0 Å². The van der Waals surface area contributed by atoms with Crippen LogP contribution < -0.4 is 5.32 Å². The SMILES string of the molecule is CCc1nnsc1C(=O)Nc1cccc(S(=O)(=O)N2CCOCC2)c1. The summed E-state index contributed by atoms with van der Waals surface area (Å²) in [5.74, 6) is -0.340. The number of ether oxygens (including phenoxy) is 1. The molecule has 0 atom stereocenters. The predicted octanol–water partition coefficient (Wildman–Crippen LogP) is 1.37. The Morgan fingerprint density at radius 1 is 1.36 bits per heavy atom. The Hall–Kier alpha value is -1.88. The van der Waals surface area contributed by atoms with Crippen molar-refractivity contribution >= 4 is 33.2 Å². The van der Waals surface area contributed by atoms with Gasteiger partial charge in [0.15, 0.2) is 0 Å². The van der Waals surface area contributed by atoms with Gasteiger partial charge in [-0.05, 0) is 36.2 Å². The minimum Gasteiger partial charge on any atom is -0.379 e. The van der Waals surface area contributed by atoms with Crippen molar-refractivity contribution in [1.82, 2.24) is 13.9 Å². The molecule has 1 saturated heterocycles. The molecule has 10 heteroatoms. The summed E-state index contributed by atoms with van der Waals surface area (Å²) < 4.78 is 35.8. The lowest BCUT2D eigenvalue weighted by Gasteiger charge is -2.26. The number of nitrogens with zero attached hydrogens (tertiary/aromatic N) is 3. The molecule has 2 aromatic rings. The molecule has 0 saturated carbocycles. The Morgan fingerprint density at radius 3 is 2.84 bits per heavy atom. The van der Waals surface area contributed by atoms with E-state index in [4.69, 9.17) is 4.74 Å². The molecule has 1 N–H and O–H groups in total. The molecule has 134 valence electrons. The molecule has 0 unspecified atom stereocenters. The van der Waals surface area contributed by atoms with E-state index in [9.17, 15) is 13.2 Å². The van der Waals surface area contributed by atoms with E-state index in [2.05, 4.69) is 14.9 Å². The number of hydrogen-bond acceptors (Lipinski definition) is 7. The molecular formula is C15H18N4O4S2. The summed E-state index contributed by atoms with van der Waals surface area (Å²) in [5.41, 5.74) is 1.04. The van der Waals surface area contributed by atoms with Crippen molar-refractivity contribution in [2.45, 2.75) is 18.2 Å². The fraction of sp³-hybridized carbons (Fsp3) is 0.400. The standard InChI is InChI=1S/C15H18N4O4S2/c1-2-13-14(24-18-17-13)15(20)16-11-4-3-5-12(10-11)25(21,22)19-6-8-23-9-7-19/h3-5,10H,2,6-9H2,1H3,(H,16,20). The monoisotopic (exact) mass is 382 g/mol. The van der Waals surface area contributed by atoms with Crippen molar-refractivity contribution in [1.29, 1.82) is 0 Å². The van der Waals surface area contributed by atoms with E-state index >= 15 is 0 Å². The van der Waals surface area contributed by atoms with E-state index in [1.165, 1.54) is 16.4 Å². The zero-order valence-electron chi connectivity index (χ0n) is 13.6. The normalized spacial score (nSPS) is 15.9. The van der Waals surface area contributed by atoms with Gasteiger partial charge in [0, 0.05) is 18.8 Å². The lowest BCUT2D eigenvalue weighted by molar-refractivity contribution is 0.0730. The molecule has 1 aliphatic heterocycles. The van der Waals surface area contributed by atoms with Gasteiger partial charge < -0.3 is 10.1 Å². The first kappa shape index (κ1) is 17.9. The third kappa shape index (κ3) is 3.87. The average Bonchev–Trinajstić information content (AvgIpc) is 3.11. The highest BCUT2D eigenvalue weighted by molar-refractivity contribution is 7.89. The van der Waals surface area contributed by atoms with Crippen LogP contribution in [-0.4, -0.2) is 54.5 Å². The molecule has 0 radical (unpaired) electrons. The molecule has 25 heavy (non-hydrogen) atoms. The summed E-state index contributed by atoms with van der Waals surface area (Å²) >= 11 is 1.02. The molecule has 1 aromatic heterocycles. The molecule has 0 aliphatic carbocycles. The van der Waals surface area contributed by atoms with Crippen LogP contribution in [0, 0.1) is 0 Å². The molecule has 0 spiro atoms. The number of carbonyl (C=O) groups excluding carboxylic acids is 1. The van der Waals surface area contributed by atoms with E-state index in [-0.39, 0.29) is 10.8 Å². The summed E-state index contributed by atoms with van der Waals surface area (Å²) in [6.07, 6.45) is 0.602. The molecule has 2 heterocycles. The van der Waals surface area contributed by atoms with Crippen LogP contribution in [0.25, 0.3) is 0 Å². The van der Waals surface area contributed by atoms with Crippen molar-refractivity contribution in [2.24, 2.45) is 0 Å². The fourth-order valence-corrected chi connectivity index (χ4v) is 4.57. The third-order valence-corrected chi connectivity index (χ3v) is 6.46. The fourth-order valence-electron chi connectivity index (χ4n) is 2.47. The van der Waals surface area contributed by atoms with Crippen molar-refractivity contribution in [2.75, 3.05) is 31.6 Å². The molecule has 0 bridgehead atoms. The van der Waals surface area contributed by atoms with Gasteiger partial charge in [0.25, 0.3) is 5.91 Å². The molecule has 1 amide bonds. The molecule has 1 aliphatic rings. The molecule has 8 nitrogen and oxygen atoms in total. The minimum absolute atomic E-state index is 0.144. The summed E-state index contributed by atoms with van der Waals surface area (Å²) in [5, 5.41) is 6.63. The van der Waals surface area contributed by atoms with E-state index in [0.29, 0.717) is 49.0 Å². The van der Waals surface area contributed by atoms with Gasteiger partial charge in [-0.3, -0.25) is 4.79 Å². The van der Waals surface area contributed by atoms with E-state index in [0.717, 1.165) is 11.5 Å². The number of nitrogens with one attached hydrogen (secondary N) is 1. The van der Waals surface area contributed by atoms with E-state index in [1.54, 1.807) is 12.1 Å². The second kappa shape index (κ2) is 7.56. The van der Waals surface area contributed by atoms with Gasteiger partial charge in [0.05, 0.1) is 23.8 Å². The van der Waals surface area contributed by atoms with Gasteiger partial charge in [-0.25, -0.2) is 8.42 Å². The number of sulfonamides is 1. The van der Waals surface area contributed by atoms with Crippen molar-refractivity contribution in [3.05, 3.63) is 34.8 Å². The maximum Gasteiger partial charge on any atom is 0.269 e. The van der Waals surface area contributed by atoms with Gasteiger partial charge in [0.2, 0.25) is 10.0 Å². The van der Waals surface area contributed by atoms with Crippen LogP contribution in [0.3, 0.4) is 0 Å². The maximum atomic E-state index is 12.7. The number of carbonyl (C=O) groups is 1. The summed E-state index contributed by atoms with van der Waals surface area (Å²) in [6.45, 7) is 3.31. The van der Waals surface area contributed by atoms with E-state index < -0.39 is 10.0 Å². The van der Waals surface area contributed by atoms with Gasteiger partial charge >= 0.3 is 0 Å². The molecule has 3 rings (SSSR count). The third-order valence-electron chi connectivity index (χ3n) is 3.80. The van der Waals surface area contributed by atoms with Crippen molar-refractivity contribution in [3.63, 3.8) is 0 Å². The Kier molecular flexibility index (Phi) is 5.42. The van der Waals surface area contributed by atoms with Crippen LogP contribution in [0.4, 0.5) is 5.69 Å². The summed E-state index contributed by atoms with van der Waals surface area (Å²) in [6, 6.07) is 6.24. The van der Waals surface area contributed by atoms with Crippen LogP contribution in [0.5, 0.6) is 0 Å². The number of benzene rings is 1. The predicted molar refractivity (Wildman–Crippen MR) is 93.3 cm³/mol. The quantitative estimate of drug-likeness (QED) is 0.838. The Morgan fingerprint density at radius 2 is 2.12 bits per heavy atom. The van der Waals surface area contributed by atoms with Gasteiger partial charge in [0.1, 0.15) is 4.88 Å². The van der Waals surface area contributed by atoms with Crippen LogP contribution in [0.15, 0.2) is 29.2 Å². The van der Waals surface area contributed by atoms with Crippen molar-refractivity contribution < 1.29 is 17.9 Å². The van der Waals surface area contributed by atoms with E-state index in [1.807, 2.05) is 6.92 Å². The Balaban J connectivity index is 1.80. The Labute approximate surface area is 150 Å². The molecule has 1 fully saturated rings. The van der Waals surface area contributed by atoms with Gasteiger partial charge in [-0.15, -0.1) is 5.10 Å². The van der Waals surface area contributed by atoms with Crippen LogP contribution in [-0.2, 0) is 21.2 Å². The number of aryl methyl sites for hydroxylation is 1. The minimum atomic E-state index is -3.61. The summed E-state index contributed by atoms with van der Waals surface area (Å²) in [4.78, 5) is 12.9. The molecule has 1 aromatic carbocycles. The second-order valence-corrected chi connectivity index (χ2v) is 8.09. The van der Waals surface area contributed by atoms with Gasteiger partial charge in [-0.2, -0.15) is 4.31 Å². The number of morpholine rings is 1. The zero-order chi connectivity index (χ0) is 17.9. The molecular weight excluding hydrogens is 364 g/mol. The zero-order valence-corrected chi connectivity index (χ0v) is 15.3. The highest BCUT2D eigenvalue weighted by Gasteiger charge is 2.26.